The highest BCUT2D eigenvalue weighted by atomic mass is 16.4. The van der Waals surface area contributed by atoms with E-state index in [-0.39, 0.29) is 5.69 Å². The van der Waals surface area contributed by atoms with Crippen LogP contribution in [0.1, 0.15) is 28.9 Å². The molecule has 0 spiro atoms. The van der Waals surface area contributed by atoms with Crippen molar-refractivity contribution >= 4 is 11.9 Å². The number of carboxylic acid groups (broad SMARTS) is 1. The molecule has 0 aliphatic heterocycles. The Kier molecular flexibility index (Phi) is 3.55. The van der Waals surface area contributed by atoms with E-state index in [2.05, 4.69) is 15.3 Å². The normalized spacial score (nSPS) is 11.9. The maximum absolute atomic E-state index is 11.6. The Morgan fingerprint density at radius 1 is 1.38 bits per heavy atom. The molecule has 1 unspecified atom stereocenters. The molecule has 2 N–H and O–H groups in total. The van der Waals surface area contributed by atoms with Gasteiger partial charge in [0.1, 0.15) is 17.6 Å². The largest absolute Gasteiger partial charge is 0.480 e. The minimum Gasteiger partial charge on any atom is -0.480 e. The van der Waals surface area contributed by atoms with Gasteiger partial charge in [0.2, 0.25) is 0 Å². The quantitative estimate of drug-likeness (QED) is 0.768. The van der Waals surface area contributed by atoms with E-state index in [4.69, 9.17) is 5.11 Å². The second-order valence-electron chi connectivity index (χ2n) is 3.48. The zero-order valence-corrected chi connectivity index (χ0v) is 9.31. The summed E-state index contributed by atoms with van der Waals surface area (Å²) in [5.41, 5.74) is 0.846. The predicted octanol–water partition coefficient (Wildman–Crippen LogP) is 0.296. The molecule has 0 radical (unpaired) electrons. The summed E-state index contributed by atoms with van der Waals surface area (Å²) in [6, 6.07) is 0.569. The number of aryl methyl sites for hydroxylation is 2. The van der Waals surface area contributed by atoms with Crippen LogP contribution in [0.15, 0.2) is 6.07 Å². The predicted molar refractivity (Wildman–Crippen MR) is 56.1 cm³/mol. The van der Waals surface area contributed by atoms with Crippen molar-refractivity contribution < 1.29 is 14.7 Å². The van der Waals surface area contributed by atoms with Crippen molar-refractivity contribution in [3.05, 3.63) is 23.3 Å². The smallest absolute Gasteiger partial charge is 0.325 e. The maximum Gasteiger partial charge on any atom is 0.325 e. The molecule has 6 nitrogen and oxygen atoms in total. The van der Waals surface area contributed by atoms with E-state index in [0.717, 1.165) is 0 Å². The molecule has 0 aliphatic carbocycles. The summed E-state index contributed by atoms with van der Waals surface area (Å²) in [6.45, 7) is 4.80. The number of nitrogens with zero attached hydrogens (tertiary/aromatic N) is 2. The van der Waals surface area contributed by atoms with E-state index >= 15 is 0 Å². The van der Waals surface area contributed by atoms with Crippen LogP contribution in [0.4, 0.5) is 0 Å². The third kappa shape index (κ3) is 3.01. The summed E-state index contributed by atoms with van der Waals surface area (Å²) in [4.78, 5) is 30.1. The van der Waals surface area contributed by atoms with E-state index in [1.807, 2.05) is 0 Å². The first-order valence-corrected chi connectivity index (χ1v) is 4.76. The van der Waals surface area contributed by atoms with Crippen molar-refractivity contribution in [3.8, 4) is 0 Å². The summed E-state index contributed by atoms with van der Waals surface area (Å²) in [6.07, 6.45) is 0. The van der Waals surface area contributed by atoms with Crippen LogP contribution in [0.2, 0.25) is 0 Å². The minimum atomic E-state index is -1.09. The molecule has 6 heteroatoms. The van der Waals surface area contributed by atoms with Crippen LogP contribution >= 0.6 is 0 Å². The van der Waals surface area contributed by atoms with Crippen LogP contribution in [0.3, 0.4) is 0 Å². The van der Waals surface area contributed by atoms with Crippen molar-refractivity contribution in [1.82, 2.24) is 15.3 Å². The Labute approximate surface area is 92.7 Å². The highest BCUT2D eigenvalue weighted by molar-refractivity contribution is 5.94. The molecule has 0 fully saturated rings. The Hall–Kier alpha value is -1.98. The summed E-state index contributed by atoms with van der Waals surface area (Å²) in [7, 11) is 0. The summed E-state index contributed by atoms with van der Waals surface area (Å²) in [5.74, 6) is -1.12. The molecular weight excluding hydrogens is 210 g/mol. The number of rotatable bonds is 3. The lowest BCUT2D eigenvalue weighted by atomic mass is 10.3. The van der Waals surface area contributed by atoms with Gasteiger partial charge in [-0.25, -0.2) is 9.97 Å². The maximum atomic E-state index is 11.6. The summed E-state index contributed by atoms with van der Waals surface area (Å²) >= 11 is 0. The number of carboxylic acids is 1. The Bertz CT molecular complexity index is 411. The lowest BCUT2D eigenvalue weighted by molar-refractivity contribution is -0.138. The average molecular weight is 223 g/mol. The van der Waals surface area contributed by atoms with Crippen LogP contribution < -0.4 is 5.32 Å². The second-order valence-corrected chi connectivity index (χ2v) is 3.48. The fraction of sp³-hybridized carbons (Fsp3) is 0.400. The third-order valence-electron chi connectivity index (χ3n) is 1.92. The topological polar surface area (TPSA) is 92.2 Å². The van der Waals surface area contributed by atoms with Gasteiger partial charge in [0.05, 0.1) is 0 Å². The van der Waals surface area contributed by atoms with Crippen molar-refractivity contribution in [2.45, 2.75) is 26.8 Å². The highest BCUT2D eigenvalue weighted by Crippen LogP contribution is 2.00. The van der Waals surface area contributed by atoms with E-state index in [9.17, 15) is 9.59 Å². The van der Waals surface area contributed by atoms with E-state index in [0.29, 0.717) is 11.5 Å². The van der Waals surface area contributed by atoms with Gasteiger partial charge < -0.3 is 10.4 Å². The van der Waals surface area contributed by atoms with Gasteiger partial charge >= 0.3 is 5.97 Å². The number of aliphatic carboxylic acids is 1. The monoisotopic (exact) mass is 223 g/mol. The van der Waals surface area contributed by atoms with E-state index in [1.165, 1.54) is 13.0 Å². The van der Waals surface area contributed by atoms with Crippen LogP contribution in [0.25, 0.3) is 0 Å². The number of aromatic nitrogens is 2. The lowest BCUT2D eigenvalue weighted by Gasteiger charge is -2.09. The molecule has 1 heterocycles. The molecule has 1 rings (SSSR count). The summed E-state index contributed by atoms with van der Waals surface area (Å²) < 4.78 is 0. The van der Waals surface area contributed by atoms with Crippen molar-refractivity contribution in [3.63, 3.8) is 0 Å². The first-order valence-electron chi connectivity index (χ1n) is 4.76. The van der Waals surface area contributed by atoms with Gasteiger partial charge in [0, 0.05) is 5.69 Å². The van der Waals surface area contributed by atoms with Gasteiger partial charge in [-0.3, -0.25) is 9.59 Å². The number of carbonyl (C=O) groups excluding carboxylic acids is 1. The van der Waals surface area contributed by atoms with Gasteiger partial charge in [-0.15, -0.1) is 0 Å². The molecule has 0 bridgehead atoms. The summed E-state index contributed by atoms with van der Waals surface area (Å²) in [5, 5.41) is 11.0. The minimum absolute atomic E-state index is 0.179. The molecule has 1 aromatic heterocycles. The van der Waals surface area contributed by atoms with Crippen LogP contribution in [-0.4, -0.2) is 33.0 Å². The van der Waals surface area contributed by atoms with Gasteiger partial charge in [-0.1, -0.05) is 0 Å². The average Bonchev–Trinajstić information content (AvgIpc) is 2.15. The molecule has 16 heavy (non-hydrogen) atoms. The first kappa shape index (κ1) is 12.1. The van der Waals surface area contributed by atoms with Crippen molar-refractivity contribution in [2.75, 3.05) is 0 Å². The van der Waals surface area contributed by atoms with Crippen LogP contribution in [0, 0.1) is 13.8 Å². The molecular formula is C10H13N3O3. The highest BCUT2D eigenvalue weighted by Gasteiger charge is 2.16. The Morgan fingerprint density at radius 2 is 2.00 bits per heavy atom. The molecule has 86 valence electrons. The van der Waals surface area contributed by atoms with Gasteiger partial charge in [-0.05, 0) is 26.8 Å². The van der Waals surface area contributed by atoms with E-state index in [1.54, 1.807) is 13.8 Å². The fourth-order valence-corrected chi connectivity index (χ4v) is 1.17. The number of amides is 1. The molecule has 1 aromatic rings. The second kappa shape index (κ2) is 4.69. The van der Waals surface area contributed by atoms with Gasteiger partial charge in [-0.2, -0.15) is 0 Å². The standard InChI is InChI=1S/C10H13N3O3/c1-5-4-8(13-7(3)11-5)9(14)12-6(2)10(15)16/h4,6H,1-3H3,(H,12,14)(H,15,16). The third-order valence-corrected chi connectivity index (χ3v) is 1.92. The number of hydrogen-bond acceptors (Lipinski definition) is 4. The van der Waals surface area contributed by atoms with Crippen LogP contribution in [0.5, 0.6) is 0 Å². The Morgan fingerprint density at radius 3 is 2.50 bits per heavy atom. The number of nitrogens with one attached hydrogen (secondary N) is 1. The number of hydrogen-bond donors (Lipinski definition) is 2. The number of carbonyl (C=O) groups is 2. The Balaban J connectivity index is 2.84. The van der Waals surface area contributed by atoms with Crippen LogP contribution in [-0.2, 0) is 4.79 Å². The molecule has 1 amide bonds. The van der Waals surface area contributed by atoms with Gasteiger partial charge in [0.25, 0.3) is 5.91 Å². The van der Waals surface area contributed by atoms with Crippen molar-refractivity contribution in [1.29, 1.82) is 0 Å². The molecule has 0 saturated heterocycles. The first-order chi connectivity index (χ1) is 7.40. The molecule has 0 aliphatic rings. The zero-order chi connectivity index (χ0) is 12.3. The molecule has 0 aromatic carbocycles. The van der Waals surface area contributed by atoms with Crippen molar-refractivity contribution in [2.24, 2.45) is 0 Å². The van der Waals surface area contributed by atoms with E-state index < -0.39 is 17.9 Å². The SMILES string of the molecule is Cc1cc(C(=O)NC(C)C(=O)O)nc(C)n1. The zero-order valence-electron chi connectivity index (χ0n) is 9.31. The molecule has 0 saturated carbocycles. The van der Waals surface area contributed by atoms with Gasteiger partial charge in [0.15, 0.2) is 0 Å². The fourth-order valence-electron chi connectivity index (χ4n) is 1.17. The molecule has 1 atom stereocenters. The lowest BCUT2D eigenvalue weighted by Crippen LogP contribution is -2.38.